The molecule has 0 N–H and O–H groups in total. The molecule has 0 saturated heterocycles. The molecule has 11 rings (SSSR count). The number of hydrogen-bond acceptors (Lipinski definition) is 4. The first-order valence-corrected chi connectivity index (χ1v) is 20.4. The van der Waals surface area contributed by atoms with Crippen molar-refractivity contribution in [2.45, 2.75) is 5.41 Å². The number of benzene rings is 8. The van der Waals surface area contributed by atoms with Crippen molar-refractivity contribution in [3.63, 3.8) is 0 Å². The Bertz CT molecular complexity index is 3010. The largest absolute Gasteiger partial charge is 0.208 e. The number of thiophene rings is 1. The Kier molecular flexibility index (Phi) is 8.23. The van der Waals surface area contributed by atoms with Gasteiger partial charge in [0.2, 0.25) is 0 Å². The molecule has 1 aliphatic carbocycles. The van der Waals surface area contributed by atoms with Crippen LogP contribution in [0.2, 0.25) is 0 Å². The predicted octanol–water partition coefficient (Wildman–Crippen LogP) is 13.8. The topological polar surface area (TPSA) is 38.7 Å². The van der Waals surface area contributed by atoms with Crippen molar-refractivity contribution in [2.24, 2.45) is 0 Å². The Labute approximate surface area is 341 Å². The first-order chi connectivity index (χ1) is 28.7. The summed E-state index contributed by atoms with van der Waals surface area (Å²) >= 11 is 1.81. The van der Waals surface area contributed by atoms with Crippen LogP contribution in [0, 0.1) is 0 Å². The normalized spacial score (nSPS) is 12.6. The first-order valence-electron chi connectivity index (χ1n) is 19.6. The van der Waals surface area contributed by atoms with Crippen molar-refractivity contribution in [3.8, 4) is 66.9 Å². The summed E-state index contributed by atoms with van der Waals surface area (Å²) in [5.41, 5.74) is 13.2. The lowest BCUT2D eigenvalue weighted by Crippen LogP contribution is -2.28. The number of fused-ring (bicyclic) bond motifs is 4. The summed E-state index contributed by atoms with van der Waals surface area (Å²) in [6, 6.07) is 75.8. The van der Waals surface area contributed by atoms with E-state index < -0.39 is 5.41 Å². The smallest absolute Gasteiger partial charge is 0.164 e. The zero-order valence-corrected chi connectivity index (χ0v) is 32.3. The summed E-state index contributed by atoms with van der Waals surface area (Å²) in [6.07, 6.45) is 0. The average Bonchev–Trinajstić information content (AvgIpc) is 3.88. The summed E-state index contributed by atoms with van der Waals surface area (Å²) in [4.78, 5) is 16.9. The second-order valence-electron chi connectivity index (χ2n) is 14.8. The van der Waals surface area contributed by atoms with Crippen LogP contribution in [0.1, 0.15) is 22.3 Å². The van der Waals surface area contributed by atoms with Gasteiger partial charge >= 0.3 is 0 Å². The maximum Gasteiger partial charge on any atom is 0.164 e. The van der Waals surface area contributed by atoms with Crippen LogP contribution < -0.4 is 0 Å². The van der Waals surface area contributed by atoms with E-state index >= 15 is 0 Å². The van der Waals surface area contributed by atoms with Crippen LogP contribution in [0.15, 0.2) is 212 Å². The lowest BCUT2D eigenvalue weighted by molar-refractivity contribution is 0.768. The van der Waals surface area contributed by atoms with Gasteiger partial charge in [-0.2, -0.15) is 0 Å². The molecule has 0 saturated carbocycles. The second-order valence-corrected chi connectivity index (χ2v) is 15.8. The number of nitrogens with zero attached hydrogens (tertiary/aromatic N) is 3. The minimum absolute atomic E-state index is 0.529. The number of hydrogen-bond donors (Lipinski definition) is 0. The third kappa shape index (κ3) is 5.69. The van der Waals surface area contributed by atoms with E-state index in [1.165, 1.54) is 59.5 Å². The van der Waals surface area contributed by atoms with E-state index in [0.717, 1.165) is 22.3 Å². The van der Waals surface area contributed by atoms with Gasteiger partial charge in [0.1, 0.15) is 0 Å². The molecule has 272 valence electrons. The van der Waals surface area contributed by atoms with Gasteiger partial charge < -0.3 is 0 Å². The molecule has 2 aromatic heterocycles. The van der Waals surface area contributed by atoms with Gasteiger partial charge in [-0.15, -0.1) is 11.3 Å². The third-order valence-electron chi connectivity index (χ3n) is 11.5. The minimum Gasteiger partial charge on any atom is -0.208 e. The quantitative estimate of drug-likeness (QED) is 0.162. The molecular formula is C54H35N3S. The van der Waals surface area contributed by atoms with Gasteiger partial charge in [-0.05, 0) is 73.7 Å². The molecule has 0 bridgehead atoms. The van der Waals surface area contributed by atoms with Crippen molar-refractivity contribution in [2.75, 3.05) is 0 Å². The highest BCUT2D eigenvalue weighted by Gasteiger charge is 2.46. The molecule has 0 aliphatic heterocycles. The van der Waals surface area contributed by atoms with Crippen LogP contribution in [0.5, 0.6) is 0 Å². The highest BCUT2D eigenvalue weighted by molar-refractivity contribution is 7.22. The van der Waals surface area contributed by atoms with E-state index in [0.29, 0.717) is 17.5 Å². The summed E-state index contributed by atoms with van der Waals surface area (Å²) in [6.45, 7) is 0. The molecule has 1 aliphatic rings. The SMILES string of the molecule is c1ccc(-c2ccc(-c3nc(-c4ccc(-c5cc6ccccc6s5)cc4)nc(-c4ccc5c(c4)C(c4ccccc4)(c4ccccc4)c4ccccc4-5)n3)cc2)cc1. The Morgan fingerprint density at radius 3 is 1.43 bits per heavy atom. The van der Waals surface area contributed by atoms with E-state index in [2.05, 4.69) is 206 Å². The van der Waals surface area contributed by atoms with E-state index in [9.17, 15) is 0 Å². The highest BCUT2D eigenvalue weighted by atomic mass is 32.1. The molecule has 2 heterocycles. The third-order valence-corrected chi connectivity index (χ3v) is 12.6. The van der Waals surface area contributed by atoms with Crippen LogP contribution in [-0.2, 0) is 5.41 Å². The molecule has 58 heavy (non-hydrogen) atoms. The molecule has 0 atom stereocenters. The van der Waals surface area contributed by atoms with Crippen LogP contribution in [0.4, 0.5) is 0 Å². The lowest BCUT2D eigenvalue weighted by atomic mass is 9.67. The maximum atomic E-state index is 5.25. The molecule has 0 unspecified atom stereocenters. The van der Waals surface area contributed by atoms with Gasteiger partial charge in [0, 0.05) is 26.3 Å². The van der Waals surface area contributed by atoms with Gasteiger partial charge in [-0.3, -0.25) is 0 Å². The fourth-order valence-electron chi connectivity index (χ4n) is 8.70. The summed E-state index contributed by atoms with van der Waals surface area (Å²) < 4.78 is 1.28. The fourth-order valence-corrected chi connectivity index (χ4v) is 9.76. The van der Waals surface area contributed by atoms with Crippen LogP contribution in [0.25, 0.3) is 76.9 Å². The Morgan fingerprint density at radius 2 is 0.793 bits per heavy atom. The van der Waals surface area contributed by atoms with E-state index in [1.807, 2.05) is 17.4 Å². The van der Waals surface area contributed by atoms with Crippen LogP contribution in [-0.4, -0.2) is 15.0 Å². The monoisotopic (exact) mass is 757 g/mol. The van der Waals surface area contributed by atoms with Gasteiger partial charge in [-0.25, -0.2) is 15.0 Å². The van der Waals surface area contributed by atoms with Crippen molar-refractivity contribution in [1.82, 2.24) is 15.0 Å². The molecule has 0 radical (unpaired) electrons. The van der Waals surface area contributed by atoms with Gasteiger partial charge in [0.15, 0.2) is 17.5 Å². The lowest BCUT2D eigenvalue weighted by Gasteiger charge is -2.34. The van der Waals surface area contributed by atoms with E-state index in [4.69, 9.17) is 15.0 Å². The fraction of sp³-hybridized carbons (Fsp3) is 0.0185. The van der Waals surface area contributed by atoms with Gasteiger partial charge in [0.05, 0.1) is 5.41 Å². The number of aromatic nitrogens is 3. The molecule has 0 spiro atoms. The molecule has 0 amide bonds. The van der Waals surface area contributed by atoms with E-state index in [1.54, 1.807) is 0 Å². The molecule has 8 aromatic carbocycles. The predicted molar refractivity (Wildman–Crippen MR) is 240 cm³/mol. The number of rotatable bonds is 7. The summed E-state index contributed by atoms with van der Waals surface area (Å²) in [5, 5.41) is 1.26. The molecule has 3 nitrogen and oxygen atoms in total. The van der Waals surface area contributed by atoms with Crippen molar-refractivity contribution in [1.29, 1.82) is 0 Å². The van der Waals surface area contributed by atoms with Crippen LogP contribution in [0.3, 0.4) is 0 Å². The first kappa shape index (κ1) is 34.0. The van der Waals surface area contributed by atoms with Crippen molar-refractivity contribution < 1.29 is 0 Å². The zero-order valence-electron chi connectivity index (χ0n) is 31.5. The molecular weight excluding hydrogens is 723 g/mol. The zero-order chi connectivity index (χ0) is 38.5. The highest BCUT2D eigenvalue weighted by Crippen LogP contribution is 2.56. The van der Waals surface area contributed by atoms with Gasteiger partial charge in [-0.1, -0.05) is 194 Å². The maximum absolute atomic E-state index is 5.25. The van der Waals surface area contributed by atoms with Crippen molar-refractivity contribution in [3.05, 3.63) is 235 Å². The minimum atomic E-state index is -0.529. The Hall–Kier alpha value is -7.27. The summed E-state index contributed by atoms with van der Waals surface area (Å²) in [5.74, 6) is 1.90. The Balaban J connectivity index is 1.08. The van der Waals surface area contributed by atoms with Crippen LogP contribution >= 0.6 is 11.3 Å². The second kappa shape index (κ2) is 14.0. The molecule has 10 aromatic rings. The summed E-state index contributed by atoms with van der Waals surface area (Å²) in [7, 11) is 0. The average molecular weight is 758 g/mol. The molecule has 0 fully saturated rings. The molecule has 4 heteroatoms. The van der Waals surface area contributed by atoms with Gasteiger partial charge in [0.25, 0.3) is 0 Å². The standard InChI is InChI=1S/C54H35N3S/c1-4-14-36(15-5-1)37-24-28-39(29-25-37)51-55-52(40-30-26-38(27-31-40)50-35-41-16-10-13-23-49(41)58-50)57-53(56-51)42-32-33-46-45-21-11-12-22-47(45)54(48(46)34-42,43-17-6-2-7-18-43)44-19-8-3-9-20-44/h1-35H. The van der Waals surface area contributed by atoms with E-state index in [-0.39, 0.29) is 0 Å². The Morgan fingerprint density at radius 1 is 0.328 bits per heavy atom. The van der Waals surface area contributed by atoms with Crippen molar-refractivity contribution >= 4 is 21.4 Å².